The first-order chi connectivity index (χ1) is 9.13. The lowest BCUT2D eigenvalue weighted by Crippen LogP contribution is -2.51. The molecule has 1 heterocycles. The van der Waals surface area contributed by atoms with Gasteiger partial charge in [0.2, 0.25) is 0 Å². The fraction of sp³-hybridized carbons (Fsp3) is 0.933. The van der Waals surface area contributed by atoms with Gasteiger partial charge in [0.15, 0.2) is 0 Å². The van der Waals surface area contributed by atoms with Crippen LogP contribution < -0.4 is 5.32 Å². The van der Waals surface area contributed by atoms with Gasteiger partial charge in [-0.15, -0.1) is 0 Å². The molecule has 2 fully saturated rings. The highest BCUT2D eigenvalue weighted by atomic mass is 32.2. The van der Waals surface area contributed by atoms with Crippen molar-refractivity contribution in [1.82, 2.24) is 5.32 Å². The van der Waals surface area contributed by atoms with Crippen molar-refractivity contribution in [3.8, 4) is 6.07 Å². The lowest BCUT2D eigenvalue weighted by atomic mass is 9.82. The Morgan fingerprint density at radius 1 is 1.26 bits per heavy atom. The Hall–Kier alpha value is -0.240. The fourth-order valence-electron chi connectivity index (χ4n) is 3.24. The minimum absolute atomic E-state index is 0.282. The minimum Gasteiger partial charge on any atom is -0.381 e. The van der Waals surface area contributed by atoms with E-state index < -0.39 is 0 Å². The number of hydrogen-bond donors (Lipinski definition) is 1. The summed E-state index contributed by atoms with van der Waals surface area (Å²) in [4.78, 5) is 0. The smallest absolute Gasteiger partial charge is 0.108 e. The molecule has 1 saturated heterocycles. The molecule has 3 nitrogen and oxygen atoms in total. The summed E-state index contributed by atoms with van der Waals surface area (Å²) in [5.41, 5.74) is -0.282. The van der Waals surface area contributed by atoms with Crippen molar-refractivity contribution in [2.45, 2.75) is 74.5 Å². The molecule has 1 aliphatic heterocycles. The molecule has 0 bridgehead atoms. The molecule has 4 heteroatoms. The van der Waals surface area contributed by atoms with Gasteiger partial charge in [-0.25, -0.2) is 0 Å². The van der Waals surface area contributed by atoms with Gasteiger partial charge >= 0.3 is 0 Å². The quantitative estimate of drug-likeness (QED) is 0.860. The Labute approximate surface area is 121 Å². The van der Waals surface area contributed by atoms with Crippen LogP contribution in [-0.2, 0) is 4.74 Å². The fourth-order valence-corrected chi connectivity index (χ4v) is 4.93. The Morgan fingerprint density at radius 2 is 2.00 bits per heavy atom. The van der Waals surface area contributed by atoms with Crippen molar-refractivity contribution in [3.05, 3.63) is 0 Å². The van der Waals surface area contributed by atoms with Crippen LogP contribution in [0.5, 0.6) is 0 Å². The third-order valence-corrected chi connectivity index (χ3v) is 5.68. The standard InChI is InChI=1S/C15H26N2OS/c1-12(2)17-15(11-16)7-3-4-14(10-15)19-13-5-8-18-9-6-13/h12-14,17H,3-10H2,1-2H3. The van der Waals surface area contributed by atoms with E-state index in [9.17, 15) is 5.26 Å². The van der Waals surface area contributed by atoms with Crippen molar-refractivity contribution in [2.75, 3.05) is 13.2 Å². The van der Waals surface area contributed by atoms with Gasteiger partial charge in [-0.2, -0.15) is 17.0 Å². The first kappa shape index (κ1) is 15.2. The van der Waals surface area contributed by atoms with Gasteiger partial charge in [0.1, 0.15) is 5.54 Å². The zero-order valence-electron chi connectivity index (χ0n) is 12.2. The second kappa shape index (κ2) is 6.97. The molecular formula is C15H26N2OS. The number of nitrogens with one attached hydrogen (secondary N) is 1. The van der Waals surface area contributed by atoms with E-state index in [0.29, 0.717) is 11.3 Å². The average molecular weight is 282 g/mol. The van der Waals surface area contributed by atoms with E-state index >= 15 is 0 Å². The summed E-state index contributed by atoms with van der Waals surface area (Å²) in [5, 5.41) is 14.5. The van der Waals surface area contributed by atoms with Crippen LogP contribution in [0.2, 0.25) is 0 Å². The van der Waals surface area contributed by atoms with Gasteiger partial charge in [0.05, 0.1) is 6.07 Å². The van der Waals surface area contributed by atoms with Crippen molar-refractivity contribution < 1.29 is 4.74 Å². The van der Waals surface area contributed by atoms with Gasteiger partial charge in [-0.1, -0.05) is 0 Å². The van der Waals surface area contributed by atoms with E-state index in [1.54, 1.807) is 0 Å². The largest absolute Gasteiger partial charge is 0.381 e. The van der Waals surface area contributed by atoms with Crippen LogP contribution in [0.1, 0.15) is 52.4 Å². The molecule has 0 aromatic rings. The number of hydrogen-bond acceptors (Lipinski definition) is 4. The Kier molecular flexibility index (Phi) is 5.56. The number of thioether (sulfide) groups is 1. The maximum Gasteiger partial charge on any atom is 0.108 e. The molecule has 2 atom stereocenters. The van der Waals surface area contributed by atoms with Gasteiger partial charge in [-0.05, 0) is 52.4 Å². The highest BCUT2D eigenvalue weighted by Gasteiger charge is 2.37. The topological polar surface area (TPSA) is 45.0 Å². The Morgan fingerprint density at radius 3 is 2.63 bits per heavy atom. The number of ether oxygens (including phenoxy) is 1. The Bertz CT molecular complexity index is 323. The van der Waals surface area contributed by atoms with E-state index in [2.05, 4.69) is 37.0 Å². The summed E-state index contributed by atoms with van der Waals surface area (Å²) < 4.78 is 5.43. The molecule has 19 heavy (non-hydrogen) atoms. The van der Waals surface area contributed by atoms with E-state index in [0.717, 1.165) is 31.3 Å². The van der Waals surface area contributed by atoms with Gasteiger partial charge in [0, 0.05) is 29.8 Å². The van der Waals surface area contributed by atoms with Crippen molar-refractivity contribution in [2.24, 2.45) is 0 Å². The zero-order chi connectivity index (χ0) is 13.7. The van der Waals surface area contributed by atoms with Gasteiger partial charge < -0.3 is 4.74 Å². The molecule has 0 aromatic heterocycles. The van der Waals surface area contributed by atoms with Crippen LogP contribution in [0.4, 0.5) is 0 Å². The summed E-state index contributed by atoms with van der Waals surface area (Å²) in [7, 11) is 0. The van der Waals surface area contributed by atoms with E-state index in [4.69, 9.17) is 4.74 Å². The molecule has 0 aromatic carbocycles. The van der Waals surface area contributed by atoms with Crippen LogP contribution in [0.15, 0.2) is 0 Å². The molecule has 2 aliphatic rings. The average Bonchev–Trinajstić information content (AvgIpc) is 2.39. The lowest BCUT2D eigenvalue weighted by Gasteiger charge is -2.39. The summed E-state index contributed by atoms with van der Waals surface area (Å²) in [5.74, 6) is 0. The van der Waals surface area contributed by atoms with E-state index in [-0.39, 0.29) is 5.54 Å². The lowest BCUT2D eigenvalue weighted by molar-refractivity contribution is 0.0998. The molecule has 0 radical (unpaired) electrons. The van der Waals surface area contributed by atoms with E-state index in [1.807, 2.05) is 0 Å². The first-order valence-electron chi connectivity index (χ1n) is 7.56. The maximum atomic E-state index is 9.57. The molecule has 108 valence electrons. The first-order valence-corrected chi connectivity index (χ1v) is 8.50. The normalized spacial score (nSPS) is 33.3. The van der Waals surface area contributed by atoms with Crippen molar-refractivity contribution >= 4 is 11.8 Å². The maximum absolute atomic E-state index is 9.57. The van der Waals surface area contributed by atoms with Crippen LogP contribution in [-0.4, -0.2) is 35.3 Å². The molecule has 0 amide bonds. The Balaban J connectivity index is 1.90. The highest BCUT2D eigenvalue weighted by molar-refractivity contribution is 8.00. The molecule has 2 rings (SSSR count). The third kappa shape index (κ3) is 4.37. The molecule has 1 aliphatic carbocycles. The predicted octanol–water partition coefficient (Wildman–Crippen LogP) is 3.10. The van der Waals surface area contributed by atoms with Crippen LogP contribution in [0, 0.1) is 11.3 Å². The second-order valence-corrected chi connectivity index (χ2v) is 7.76. The highest BCUT2D eigenvalue weighted by Crippen LogP contribution is 2.38. The van der Waals surface area contributed by atoms with Gasteiger partial charge in [-0.3, -0.25) is 5.32 Å². The predicted molar refractivity (Wildman–Crippen MR) is 80.3 cm³/mol. The van der Waals surface area contributed by atoms with Crippen LogP contribution in [0.25, 0.3) is 0 Å². The second-order valence-electron chi connectivity index (χ2n) is 6.16. The summed E-state index contributed by atoms with van der Waals surface area (Å²) >= 11 is 2.12. The molecule has 0 spiro atoms. The number of rotatable bonds is 4. The zero-order valence-corrected chi connectivity index (χ0v) is 13.0. The van der Waals surface area contributed by atoms with Crippen LogP contribution in [0.3, 0.4) is 0 Å². The monoisotopic (exact) mass is 282 g/mol. The summed E-state index contributed by atoms with van der Waals surface area (Å²) in [6, 6.07) is 2.95. The van der Waals surface area contributed by atoms with Crippen molar-refractivity contribution in [3.63, 3.8) is 0 Å². The third-order valence-electron chi connectivity index (χ3n) is 4.04. The number of nitriles is 1. The van der Waals surface area contributed by atoms with Crippen LogP contribution >= 0.6 is 11.8 Å². The molecular weight excluding hydrogens is 256 g/mol. The molecule has 1 saturated carbocycles. The van der Waals surface area contributed by atoms with Crippen molar-refractivity contribution in [1.29, 1.82) is 5.26 Å². The molecule has 2 unspecified atom stereocenters. The summed E-state index contributed by atoms with van der Waals surface area (Å²) in [6.07, 6.45) is 6.81. The van der Waals surface area contributed by atoms with E-state index in [1.165, 1.54) is 25.7 Å². The minimum atomic E-state index is -0.282. The molecule has 1 N–H and O–H groups in total. The summed E-state index contributed by atoms with van der Waals surface area (Å²) in [6.45, 7) is 6.10. The SMILES string of the molecule is CC(C)NC1(C#N)CCCC(SC2CCOCC2)C1. The van der Waals surface area contributed by atoms with Gasteiger partial charge in [0.25, 0.3) is 0 Å². The number of nitrogens with zero attached hydrogens (tertiary/aromatic N) is 1.